The summed E-state index contributed by atoms with van der Waals surface area (Å²) in [6.45, 7) is 12.8. The van der Waals surface area contributed by atoms with Crippen molar-refractivity contribution in [2.45, 2.75) is 52.5 Å². The average Bonchev–Trinajstić information content (AvgIpc) is 2.49. The zero-order chi connectivity index (χ0) is 13.7. The highest BCUT2D eigenvalue weighted by Crippen LogP contribution is 2.40. The number of benzene rings is 1. The van der Waals surface area contributed by atoms with Crippen LogP contribution >= 0.6 is 0 Å². The van der Waals surface area contributed by atoms with Crippen LogP contribution < -0.4 is 10.4 Å². The molecule has 0 amide bonds. The molecule has 0 saturated heterocycles. The number of fused-ring (bicyclic) bond motifs is 1. The van der Waals surface area contributed by atoms with Crippen LogP contribution in [0.5, 0.6) is 0 Å². The Morgan fingerprint density at radius 3 is 2.17 bits per heavy atom. The summed E-state index contributed by atoms with van der Waals surface area (Å²) in [4.78, 5) is 0. The number of rotatable bonds is 0. The lowest BCUT2D eigenvalue weighted by molar-refractivity contribution is -0.0854. The Morgan fingerprint density at radius 1 is 1.06 bits per heavy atom. The summed E-state index contributed by atoms with van der Waals surface area (Å²) in [5.74, 6) is 0. The Hall–Kier alpha value is -1.26. The van der Waals surface area contributed by atoms with Gasteiger partial charge in [-0.25, -0.2) is 0 Å². The predicted molar refractivity (Wildman–Crippen MR) is 74.6 cm³/mol. The zero-order valence-electron chi connectivity index (χ0n) is 12.1. The number of nitrogens with one attached hydrogen (secondary N) is 1. The third-order valence-corrected chi connectivity index (χ3v) is 3.14. The molecule has 100 valence electrons. The van der Waals surface area contributed by atoms with E-state index in [0.717, 1.165) is 16.7 Å². The van der Waals surface area contributed by atoms with Crippen LogP contribution in [0.2, 0.25) is 0 Å². The quantitative estimate of drug-likeness (QED) is 0.737. The molecule has 2 N–H and O–H groups in total. The summed E-state index contributed by atoms with van der Waals surface area (Å²) in [7, 11) is 0. The van der Waals surface area contributed by atoms with Crippen LogP contribution in [0.25, 0.3) is 0 Å². The second-order valence-electron chi connectivity index (χ2n) is 6.87. The van der Waals surface area contributed by atoms with Gasteiger partial charge < -0.3 is 0 Å². The van der Waals surface area contributed by atoms with Gasteiger partial charge in [0.1, 0.15) is 0 Å². The molecule has 0 aromatic heterocycles. The average molecular weight is 249 g/mol. The number of nitrogens with zero attached hydrogens (tertiary/aromatic N) is 2. The van der Waals surface area contributed by atoms with Crippen molar-refractivity contribution >= 4 is 11.4 Å². The van der Waals surface area contributed by atoms with Crippen molar-refractivity contribution in [3.63, 3.8) is 0 Å². The first-order valence-corrected chi connectivity index (χ1v) is 6.31. The first-order valence-electron chi connectivity index (χ1n) is 6.31. The van der Waals surface area contributed by atoms with Gasteiger partial charge in [0.2, 0.25) is 0 Å². The lowest BCUT2D eigenvalue weighted by Gasteiger charge is -2.36. The minimum Gasteiger partial charge on any atom is -0.276 e. The van der Waals surface area contributed by atoms with Crippen molar-refractivity contribution in [3.8, 4) is 0 Å². The Bertz CT molecular complexity index is 457. The molecule has 1 aromatic carbocycles. The van der Waals surface area contributed by atoms with E-state index in [1.54, 1.807) is 0 Å². The molecule has 0 bridgehead atoms. The lowest BCUT2D eigenvalue weighted by Crippen LogP contribution is -2.50. The summed E-state index contributed by atoms with van der Waals surface area (Å²) >= 11 is 0. The van der Waals surface area contributed by atoms with Gasteiger partial charge in [-0.2, -0.15) is 0 Å². The van der Waals surface area contributed by atoms with Crippen LogP contribution in [0.1, 0.15) is 47.1 Å². The van der Waals surface area contributed by atoms with Crippen molar-refractivity contribution in [1.82, 2.24) is 5.28 Å². The van der Waals surface area contributed by atoms with Gasteiger partial charge in [0.05, 0.1) is 16.9 Å². The molecule has 4 heteroatoms. The number of hydrogen-bond donors (Lipinski definition) is 2. The second-order valence-corrected chi connectivity index (χ2v) is 6.87. The van der Waals surface area contributed by atoms with Gasteiger partial charge >= 0.3 is 0 Å². The van der Waals surface area contributed by atoms with Crippen LogP contribution in [0.3, 0.4) is 0 Å². The van der Waals surface area contributed by atoms with E-state index in [4.69, 9.17) is 0 Å². The van der Waals surface area contributed by atoms with E-state index in [1.807, 2.05) is 11.1 Å². The highest BCUT2D eigenvalue weighted by molar-refractivity contribution is 5.74. The number of hydrazine groups is 2. The molecule has 0 fully saturated rings. The first-order chi connectivity index (χ1) is 8.10. The molecular formula is C14H23N3O. The molecule has 1 aromatic rings. The van der Waals surface area contributed by atoms with Crippen LogP contribution in [-0.4, -0.2) is 16.0 Å². The summed E-state index contributed by atoms with van der Waals surface area (Å²) < 4.78 is 0. The van der Waals surface area contributed by atoms with Gasteiger partial charge in [-0.1, -0.05) is 26.8 Å². The first kappa shape index (κ1) is 13.2. The molecule has 0 radical (unpaired) electrons. The molecule has 1 heterocycles. The molecule has 4 nitrogen and oxygen atoms in total. The van der Waals surface area contributed by atoms with Crippen LogP contribution in [0.4, 0.5) is 11.4 Å². The normalized spacial score (nSPS) is 16.7. The molecule has 2 rings (SSSR count). The van der Waals surface area contributed by atoms with E-state index in [0.29, 0.717) is 0 Å². The molecule has 0 unspecified atom stereocenters. The number of anilines is 2. The maximum Gasteiger partial charge on any atom is 0.0818 e. The minimum absolute atomic E-state index is 0.0987. The molecule has 1 aliphatic rings. The molecular weight excluding hydrogens is 226 g/mol. The van der Waals surface area contributed by atoms with Crippen molar-refractivity contribution in [2.75, 3.05) is 10.4 Å². The number of hydrogen-bond acceptors (Lipinski definition) is 4. The highest BCUT2D eigenvalue weighted by Gasteiger charge is 2.35. The second kappa shape index (κ2) is 3.87. The Labute approximate surface area is 109 Å². The smallest absolute Gasteiger partial charge is 0.0818 e. The van der Waals surface area contributed by atoms with E-state index in [2.05, 4.69) is 59.1 Å². The van der Waals surface area contributed by atoms with Gasteiger partial charge in [-0.15, -0.1) is 0 Å². The van der Waals surface area contributed by atoms with E-state index in [1.165, 1.54) is 5.56 Å². The summed E-state index contributed by atoms with van der Waals surface area (Å²) in [6.07, 6.45) is 0. The Morgan fingerprint density at radius 2 is 1.67 bits per heavy atom. The van der Waals surface area contributed by atoms with E-state index >= 15 is 0 Å². The summed E-state index contributed by atoms with van der Waals surface area (Å²) in [5, 5.41) is 12.9. The SMILES string of the molecule is CC(C)(C)c1ccc2c(c1)N(C(C)(C)C)N(O)N2. The molecule has 0 saturated carbocycles. The third kappa shape index (κ3) is 2.18. The molecule has 0 atom stereocenters. The van der Waals surface area contributed by atoms with Crippen molar-refractivity contribution in [1.29, 1.82) is 0 Å². The monoisotopic (exact) mass is 249 g/mol. The standard InChI is InChI=1S/C14H23N3O/c1-13(2,3)10-7-8-11-12(9-10)16(14(4,5)6)17(18)15-11/h7-9,15,18H,1-6H3. The van der Waals surface area contributed by atoms with Gasteiger partial charge in [-0.05, 0) is 49.2 Å². The zero-order valence-corrected chi connectivity index (χ0v) is 12.1. The predicted octanol–water partition coefficient (Wildman–Crippen LogP) is 3.54. The van der Waals surface area contributed by atoms with E-state index < -0.39 is 0 Å². The van der Waals surface area contributed by atoms with E-state index in [-0.39, 0.29) is 11.0 Å². The van der Waals surface area contributed by atoms with Crippen molar-refractivity contribution < 1.29 is 5.21 Å². The van der Waals surface area contributed by atoms with Crippen LogP contribution in [0, 0.1) is 0 Å². The van der Waals surface area contributed by atoms with Crippen LogP contribution in [0.15, 0.2) is 18.2 Å². The fourth-order valence-electron chi connectivity index (χ4n) is 2.17. The van der Waals surface area contributed by atoms with Gasteiger partial charge in [0, 0.05) is 0 Å². The minimum atomic E-state index is -0.191. The fraction of sp³-hybridized carbons (Fsp3) is 0.571. The maximum absolute atomic E-state index is 9.99. The summed E-state index contributed by atoms with van der Waals surface area (Å²) in [6, 6.07) is 6.26. The molecule has 1 aliphatic heterocycles. The largest absolute Gasteiger partial charge is 0.276 e. The summed E-state index contributed by atoms with van der Waals surface area (Å²) in [5.41, 5.74) is 6.05. The van der Waals surface area contributed by atoms with Gasteiger partial charge in [-0.3, -0.25) is 15.6 Å². The van der Waals surface area contributed by atoms with Gasteiger partial charge in [0.25, 0.3) is 0 Å². The van der Waals surface area contributed by atoms with E-state index in [9.17, 15) is 5.21 Å². The lowest BCUT2D eigenvalue weighted by atomic mass is 9.86. The molecule has 0 spiro atoms. The topological polar surface area (TPSA) is 38.7 Å². The van der Waals surface area contributed by atoms with Gasteiger partial charge in [0.15, 0.2) is 0 Å². The Balaban J connectivity index is 2.50. The van der Waals surface area contributed by atoms with Crippen LogP contribution in [-0.2, 0) is 5.41 Å². The van der Waals surface area contributed by atoms with Crippen molar-refractivity contribution in [2.24, 2.45) is 0 Å². The molecule has 0 aliphatic carbocycles. The fourth-order valence-corrected chi connectivity index (χ4v) is 2.17. The highest BCUT2D eigenvalue weighted by atomic mass is 16.6. The van der Waals surface area contributed by atoms with Crippen molar-refractivity contribution in [3.05, 3.63) is 23.8 Å². The maximum atomic E-state index is 9.99. The third-order valence-electron chi connectivity index (χ3n) is 3.14. The molecule has 18 heavy (non-hydrogen) atoms. The Kier molecular flexibility index (Phi) is 2.83.